The smallest absolute Gasteiger partial charge is 0.227 e. The van der Waals surface area contributed by atoms with Gasteiger partial charge < -0.3 is 4.90 Å². The Labute approximate surface area is 111 Å². The van der Waals surface area contributed by atoms with Crippen molar-refractivity contribution >= 4 is 28.8 Å². The second-order valence-corrected chi connectivity index (χ2v) is 6.46. The van der Waals surface area contributed by atoms with Gasteiger partial charge >= 0.3 is 0 Å². The molecule has 2 saturated heterocycles. The SMILES string of the molecule is O=C(Cc1ccsc1)N1C2CCC1CC(Cl)C2. The zero-order chi connectivity index (χ0) is 11.8. The molecule has 2 bridgehead atoms. The molecule has 4 heteroatoms. The molecule has 2 nitrogen and oxygen atoms in total. The molecule has 92 valence electrons. The van der Waals surface area contributed by atoms with E-state index in [0.29, 0.717) is 24.4 Å². The summed E-state index contributed by atoms with van der Waals surface area (Å²) >= 11 is 7.88. The van der Waals surface area contributed by atoms with Crippen LogP contribution in [0.5, 0.6) is 0 Å². The summed E-state index contributed by atoms with van der Waals surface area (Å²) in [4.78, 5) is 14.4. The molecule has 0 radical (unpaired) electrons. The Morgan fingerprint density at radius 1 is 1.41 bits per heavy atom. The van der Waals surface area contributed by atoms with Crippen LogP contribution in [0.3, 0.4) is 0 Å². The van der Waals surface area contributed by atoms with E-state index in [1.165, 1.54) is 0 Å². The topological polar surface area (TPSA) is 20.3 Å². The van der Waals surface area contributed by atoms with Gasteiger partial charge in [-0.3, -0.25) is 4.79 Å². The number of carbonyl (C=O) groups is 1. The summed E-state index contributed by atoms with van der Waals surface area (Å²) < 4.78 is 0. The number of piperidine rings is 1. The first-order valence-electron chi connectivity index (χ1n) is 6.20. The van der Waals surface area contributed by atoms with Crippen LogP contribution in [0.1, 0.15) is 31.2 Å². The Balaban J connectivity index is 1.70. The van der Waals surface area contributed by atoms with Crippen molar-refractivity contribution in [2.75, 3.05) is 0 Å². The summed E-state index contributed by atoms with van der Waals surface area (Å²) in [5.74, 6) is 0.291. The van der Waals surface area contributed by atoms with Gasteiger partial charge in [-0.1, -0.05) is 0 Å². The van der Waals surface area contributed by atoms with E-state index in [1.807, 2.05) is 11.4 Å². The maximum atomic E-state index is 12.3. The maximum Gasteiger partial charge on any atom is 0.227 e. The summed E-state index contributed by atoms with van der Waals surface area (Å²) in [7, 11) is 0. The molecule has 1 amide bonds. The zero-order valence-electron chi connectivity index (χ0n) is 9.64. The second-order valence-electron chi connectivity index (χ2n) is 5.06. The number of thiophene rings is 1. The van der Waals surface area contributed by atoms with Gasteiger partial charge in [0, 0.05) is 17.5 Å². The van der Waals surface area contributed by atoms with Crippen molar-refractivity contribution < 1.29 is 4.79 Å². The average Bonchev–Trinajstić information content (AvgIpc) is 2.86. The van der Waals surface area contributed by atoms with Crippen molar-refractivity contribution in [2.45, 2.75) is 49.6 Å². The highest BCUT2D eigenvalue weighted by atomic mass is 35.5. The minimum Gasteiger partial charge on any atom is -0.336 e. The quantitative estimate of drug-likeness (QED) is 0.756. The van der Waals surface area contributed by atoms with Crippen molar-refractivity contribution in [3.63, 3.8) is 0 Å². The van der Waals surface area contributed by atoms with Crippen molar-refractivity contribution in [2.24, 2.45) is 0 Å². The number of amides is 1. The van der Waals surface area contributed by atoms with Gasteiger partial charge in [0.1, 0.15) is 0 Å². The fourth-order valence-electron chi connectivity index (χ4n) is 3.18. The number of alkyl halides is 1. The van der Waals surface area contributed by atoms with Crippen LogP contribution in [-0.4, -0.2) is 28.3 Å². The largest absolute Gasteiger partial charge is 0.336 e. The molecule has 3 rings (SSSR count). The fraction of sp³-hybridized carbons (Fsp3) is 0.615. The van der Waals surface area contributed by atoms with Crippen molar-refractivity contribution in [3.8, 4) is 0 Å². The molecule has 0 aromatic carbocycles. The van der Waals surface area contributed by atoms with E-state index in [4.69, 9.17) is 11.6 Å². The molecule has 2 aliphatic heterocycles. The molecule has 3 heterocycles. The lowest BCUT2D eigenvalue weighted by molar-refractivity contribution is -0.134. The third-order valence-corrected chi connectivity index (χ3v) is 4.99. The summed E-state index contributed by atoms with van der Waals surface area (Å²) in [6, 6.07) is 2.85. The highest BCUT2D eigenvalue weighted by Crippen LogP contribution is 2.38. The third-order valence-electron chi connectivity index (χ3n) is 3.90. The molecule has 0 saturated carbocycles. The first-order valence-corrected chi connectivity index (χ1v) is 7.58. The van der Waals surface area contributed by atoms with E-state index in [2.05, 4.69) is 10.3 Å². The monoisotopic (exact) mass is 269 g/mol. The van der Waals surface area contributed by atoms with E-state index in [0.717, 1.165) is 31.2 Å². The summed E-state index contributed by atoms with van der Waals surface area (Å²) in [5, 5.41) is 4.37. The number of carbonyl (C=O) groups excluding carboxylic acids is 1. The molecule has 2 unspecified atom stereocenters. The minimum atomic E-state index is 0.276. The van der Waals surface area contributed by atoms with E-state index >= 15 is 0 Å². The van der Waals surface area contributed by atoms with Crippen LogP contribution in [-0.2, 0) is 11.2 Å². The van der Waals surface area contributed by atoms with Crippen LogP contribution in [0.4, 0.5) is 0 Å². The highest BCUT2D eigenvalue weighted by molar-refractivity contribution is 7.07. The van der Waals surface area contributed by atoms with Gasteiger partial charge in [-0.05, 0) is 48.1 Å². The van der Waals surface area contributed by atoms with Crippen LogP contribution in [0.15, 0.2) is 16.8 Å². The van der Waals surface area contributed by atoms with Crippen molar-refractivity contribution in [1.82, 2.24) is 4.90 Å². The maximum absolute atomic E-state index is 12.3. The van der Waals surface area contributed by atoms with E-state index < -0.39 is 0 Å². The number of halogens is 1. The molecule has 1 aromatic rings. The van der Waals surface area contributed by atoms with E-state index in [9.17, 15) is 4.79 Å². The third kappa shape index (κ3) is 2.23. The standard InChI is InChI=1S/C13H16ClNOS/c14-10-6-11-1-2-12(7-10)15(11)13(16)5-9-3-4-17-8-9/h3-4,8,10-12H,1-2,5-7H2. The molecular weight excluding hydrogens is 254 g/mol. The molecule has 1 aromatic heterocycles. The van der Waals surface area contributed by atoms with Gasteiger partial charge in [0.25, 0.3) is 0 Å². The van der Waals surface area contributed by atoms with E-state index in [1.54, 1.807) is 11.3 Å². The first kappa shape index (κ1) is 11.5. The van der Waals surface area contributed by atoms with Gasteiger partial charge in [0.15, 0.2) is 0 Å². The van der Waals surface area contributed by atoms with Crippen LogP contribution in [0.2, 0.25) is 0 Å². The number of fused-ring (bicyclic) bond motifs is 2. The second kappa shape index (κ2) is 4.62. The summed E-state index contributed by atoms with van der Waals surface area (Å²) in [6.45, 7) is 0. The number of rotatable bonds is 2. The lowest BCUT2D eigenvalue weighted by Gasteiger charge is -2.37. The Morgan fingerprint density at radius 3 is 2.71 bits per heavy atom. The van der Waals surface area contributed by atoms with Crippen LogP contribution in [0.25, 0.3) is 0 Å². The normalized spacial score (nSPS) is 31.8. The van der Waals surface area contributed by atoms with Gasteiger partial charge in [-0.15, -0.1) is 11.6 Å². The zero-order valence-corrected chi connectivity index (χ0v) is 11.2. The lowest BCUT2D eigenvalue weighted by Crippen LogP contribution is -2.47. The van der Waals surface area contributed by atoms with Crippen molar-refractivity contribution in [3.05, 3.63) is 22.4 Å². The predicted molar refractivity (Wildman–Crippen MR) is 70.6 cm³/mol. The predicted octanol–water partition coefficient (Wildman–Crippen LogP) is 3.05. The average molecular weight is 270 g/mol. The van der Waals surface area contributed by atoms with Gasteiger partial charge in [0.05, 0.1) is 6.42 Å². The van der Waals surface area contributed by atoms with Gasteiger partial charge in [-0.25, -0.2) is 0 Å². The highest BCUT2D eigenvalue weighted by Gasteiger charge is 2.42. The number of hydrogen-bond acceptors (Lipinski definition) is 2. The summed E-state index contributed by atoms with van der Waals surface area (Å²) in [5.41, 5.74) is 1.15. The minimum absolute atomic E-state index is 0.276. The van der Waals surface area contributed by atoms with Crippen LogP contribution in [0, 0.1) is 0 Å². The molecule has 0 N–H and O–H groups in total. The first-order chi connectivity index (χ1) is 8.24. The molecule has 2 fully saturated rings. The molecule has 2 aliphatic rings. The van der Waals surface area contributed by atoms with Gasteiger partial charge in [-0.2, -0.15) is 11.3 Å². The fourth-order valence-corrected chi connectivity index (χ4v) is 4.26. The molecule has 2 atom stereocenters. The Hall–Kier alpha value is -0.540. The van der Waals surface area contributed by atoms with Gasteiger partial charge in [0.2, 0.25) is 5.91 Å². The van der Waals surface area contributed by atoms with Crippen LogP contribution < -0.4 is 0 Å². The Bertz CT molecular complexity index is 392. The number of hydrogen-bond donors (Lipinski definition) is 0. The molecule has 0 spiro atoms. The number of nitrogens with zero attached hydrogens (tertiary/aromatic N) is 1. The van der Waals surface area contributed by atoms with Crippen molar-refractivity contribution in [1.29, 1.82) is 0 Å². The molecule has 17 heavy (non-hydrogen) atoms. The Kier molecular flexibility index (Phi) is 3.14. The lowest BCUT2D eigenvalue weighted by atomic mass is 10.0. The molecule has 0 aliphatic carbocycles. The van der Waals surface area contributed by atoms with Crippen LogP contribution >= 0.6 is 22.9 Å². The van der Waals surface area contributed by atoms with E-state index in [-0.39, 0.29) is 5.38 Å². The molecular formula is C13H16ClNOS. The summed E-state index contributed by atoms with van der Waals surface area (Å²) in [6.07, 6.45) is 4.80. The Morgan fingerprint density at radius 2 is 2.12 bits per heavy atom.